The predicted molar refractivity (Wildman–Crippen MR) is 95.6 cm³/mol. The van der Waals surface area contributed by atoms with Crippen LogP contribution in [0, 0.1) is 4.91 Å². The van der Waals surface area contributed by atoms with Crippen LogP contribution >= 0.6 is 0 Å². The molecule has 2 aromatic carbocycles. The summed E-state index contributed by atoms with van der Waals surface area (Å²) in [5, 5.41) is 12.7. The van der Waals surface area contributed by atoms with Crippen molar-refractivity contribution in [1.82, 2.24) is 0 Å². The van der Waals surface area contributed by atoms with Crippen molar-refractivity contribution in [2.45, 2.75) is 36.9 Å². The van der Waals surface area contributed by atoms with Gasteiger partial charge in [0.1, 0.15) is 24.4 Å². The van der Waals surface area contributed by atoms with Crippen molar-refractivity contribution in [2.24, 2.45) is 5.18 Å². The number of nitroso groups, excluding NO2 is 1. The molecule has 2 heterocycles. The fourth-order valence-corrected chi connectivity index (χ4v) is 3.42. The Balaban J connectivity index is 1.59. The lowest BCUT2D eigenvalue weighted by Gasteiger charge is -2.46. The zero-order chi connectivity index (χ0) is 18.6. The smallest absolute Gasteiger partial charge is 0.184 e. The number of aliphatic hydroxyl groups excluding tert-OH is 1. The summed E-state index contributed by atoms with van der Waals surface area (Å²) in [6.45, 7) is -0.149. The summed E-state index contributed by atoms with van der Waals surface area (Å²) in [4.78, 5) is 11.3. The summed E-state index contributed by atoms with van der Waals surface area (Å²) in [6.07, 6.45) is -3.05. The van der Waals surface area contributed by atoms with Crippen LogP contribution in [-0.4, -0.2) is 42.7 Å². The first-order valence-corrected chi connectivity index (χ1v) is 8.91. The van der Waals surface area contributed by atoms with Crippen LogP contribution in [0.2, 0.25) is 0 Å². The van der Waals surface area contributed by atoms with E-state index in [4.69, 9.17) is 18.9 Å². The van der Waals surface area contributed by atoms with Gasteiger partial charge in [0.25, 0.3) is 0 Å². The first-order chi connectivity index (χ1) is 13.3. The summed E-state index contributed by atoms with van der Waals surface area (Å²) in [7, 11) is 0. The van der Waals surface area contributed by atoms with E-state index in [9.17, 15) is 10.0 Å². The zero-order valence-electron chi connectivity index (χ0n) is 14.6. The van der Waals surface area contributed by atoms with E-state index in [-0.39, 0.29) is 6.61 Å². The van der Waals surface area contributed by atoms with E-state index in [1.165, 1.54) is 0 Å². The Kier molecular flexibility index (Phi) is 5.56. The van der Waals surface area contributed by atoms with E-state index in [0.29, 0.717) is 0 Å². The van der Waals surface area contributed by atoms with E-state index in [1.54, 1.807) is 0 Å². The number of nitrogens with zero attached hydrogens (tertiary/aromatic N) is 1. The molecule has 0 amide bonds. The van der Waals surface area contributed by atoms with Gasteiger partial charge in [0.2, 0.25) is 0 Å². The second kappa shape index (κ2) is 8.24. The molecule has 2 aliphatic rings. The fourth-order valence-electron chi connectivity index (χ4n) is 3.42. The third-order valence-electron chi connectivity index (χ3n) is 4.81. The van der Waals surface area contributed by atoms with Gasteiger partial charge in [-0.25, -0.2) is 0 Å². The topological polar surface area (TPSA) is 86.6 Å². The van der Waals surface area contributed by atoms with Crippen LogP contribution in [-0.2, 0) is 18.9 Å². The molecule has 0 aromatic heterocycles. The highest BCUT2D eigenvalue weighted by atomic mass is 16.8. The molecule has 1 N–H and O–H groups in total. The minimum atomic E-state index is -0.956. The third-order valence-corrected chi connectivity index (χ3v) is 4.81. The summed E-state index contributed by atoms with van der Waals surface area (Å²) >= 11 is 0. The molecule has 2 aliphatic heterocycles. The van der Waals surface area contributed by atoms with Crippen molar-refractivity contribution in [2.75, 3.05) is 13.2 Å². The zero-order valence-corrected chi connectivity index (χ0v) is 14.6. The molecule has 27 heavy (non-hydrogen) atoms. The Morgan fingerprint density at radius 2 is 1.56 bits per heavy atom. The van der Waals surface area contributed by atoms with Crippen LogP contribution in [0.4, 0.5) is 0 Å². The molecule has 0 saturated carbocycles. The summed E-state index contributed by atoms with van der Waals surface area (Å²) < 4.78 is 24.0. The highest BCUT2D eigenvalue weighted by Crippen LogP contribution is 2.39. The first-order valence-electron chi connectivity index (χ1n) is 8.91. The molecule has 7 heteroatoms. The van der Waals surface area contributed by atoms with E-state index >= 15 is 0 Å². The van der Waals surface area contributed by atoms with Gasteiger partial charge in [-0.05, 0) is 0 Å². The maximum absolute atomic E-state index is 11.3. The van der Waals surface area contributed by atoms with Gasteiger partial charge >= 0.3 is 0 Å². The minimum absolute atomic E-state index is 0.282. The maximum Gasteiger partial charge on any atom is 0.184 e. The summed E-state index contributed by atoms with van der Waals surface area (Å²) in [5.74, 6) is 0. The highest BCUT2D eigenvalue weighted by molar-refractivity contribution is 5.18. The molecular weight excluding hydrogens is 350 g/mol. The lowest BCUT2D eigenvalue weighted by molar-refractivity contribution is -0.366. The number of benzene rings is 2. The van der Waals surface area contributed by atoms with Gasteiger partial charge in [-0.2, -0.15) is 4.91 Å². The van der Waals surface area contributed by atoms with Gasteiger partial charge in [0, 0.05) is 11.1 Å². The second-order valence-corrected chi connectivity index (χ2v) is 6.55. The molecule has 0 radical (unpaired) electrons. The molecule has 142 valence electrons. The van der Waals surface area contributed by atoms with Crippen molar-refractivity contribution < 1.29 is 24.1 Å². The van der Waals surface area contributed by atoms with Crippen LogP contribution in [0.15, 0.2) is 65.8 Å². The van der Waals surface area contributed by atoms with Crippen molar-refractivity contribution in [3.05, 3.63) is 76.7 Å². The standard InChI is InChI=1S/C20H21NO6/c22-11-15(21-23)17-18-16(25-20(26-17)14-9-5-2-6-10-14)12-24-19(27-18)13-7-3-1-4-8-13/h1-10,15-20,22H,11-12H2. The lowest BCUT2D eigenvalue weighted by atomic mass is 9.98. The summed E-state index contributed by atoms with van der Waals surface area (Å²) in [5.41, 5.74) is 1.67. The number of fused-ring (bicyclic) bond motifs is 1. The number of rotatable bonds is 5. The molecule has 6 unspecified atom stereocenters. The van der Waals surface area contributed by atoms with Crippen molar-refractivity contribution >= 4 is 0 Å². The fraction of sp³-hybridized carbons (Fsp3) is 0.400. The van der Waals surface area contributed by atoms with Crippen molar-refractivity contribution in [3.8, 4) is 0 Å². The highest BCUT2D eigenvalue weighted by Gasteiger charge is 2.48. The van der Waals surface area contributed by atoms with E-state index in [1.807, 2.05) is 60.7 Å². The average molecular weight is 371 g/mol. The minimum Gasteiger partial charge on any atom is -0.394 e. The third kappa shape index (κ3) is 3.78. The van der Waals surface area contributed by atoms with Gasteiger partial charge in [-0.15, -0.1) is 0 Å². The Bertz CT molecular complexity index is 743. The van der Waals surface area contributed by atoms with Gasteiger partial charge < -0.3 is 24.1 Å². The van der Waals surface area contributed by atoms with Crippen LogP contribution in [0.5, 0.6) is 0 Å². The molecule has 2 saturated heterocycles. The molecule has 2 fully saturated rings. The molecule has 0 spiro atoms. The monoisotopic (exact) mass is 371 g/mol. The molecular formula is C20H21NO6. The molecule has 7 nitrogen and oxygen atoms in total. The predicted octanol–water partition coefficient (Wildman–Crippen LogP) is 2.71. The Hall–Kier alpha value is -2.16. The number of ether oxygens (including phenoxy) is 4. The van der Waals surface area contributed by atoms with Crippen LogP contribution in [0.3, 0.4) is 0 Å². The maximum atomic E-state index is 11.3. The van der Waals surface area contributed by atoms with E-state index in [2.05, 4.69) is 5.18 Å². The van der Waals surface area contributed by atoms with Crippen molar-refractivity contribution in [3.63, 3.8) is 0 Å². The molecule has 4 rings (SSSR count). The lowest BCUT2D eigenvalue weighted by Crippen LogP contribution is -2.58. The number of hydrogen-bond donors (Lipinski definition) is 1. The van der Waals surface area contributed by atoms with Gasteiger partial charge in [-0.1, -0.05) is 65.8 Å². The van der Waals surface area contributed by atoms with Crippen LogP contribution in [0.1, 0.15) is 23.7 Å². The summed E-state index contributed by atoms with van der Waals surface area (Å²) in [6, 6.07) is 18.0. The number of aliphatic hydroxyl groups is 1. The number of hydrogen-bond acceptors (Lipinski definition) is 7. The van der Waals surface area contributed by atoms with Gasteiger partial charge in [0.15, 0.2) is 12.6 Å². The van der Waals surface area contributed by atoms with Crippen LogP contribution in [0.25, 0.3) is 0 Å². The molecule has 6 atom stereocenters. The first kappa shape index (κ1) is 18.2. The molecule has 2 aromatic rings. The Morgan fingerprint density at radius 3 is 2.15 bits per heavy atom. The normalized spacial score (nSPS) is 31.7. The van der Waals surface area contributed by atoms with E-state index < -0.39 is 43.5 Å². The van der Waals surface area contributed by atoms with Gasteiger partial charge in [-0.3, -0.25) is 0 Å². The van der Waals surface area contributed by atoms with Crippen molar-refractivity contribution in [1.29, 1.82) is 0 Å². The molecule has 0 aliphatic carbocycles. The largest absolute Gasteiger partial charge is 0.394 e. The average Bonchev–Trinajstić information content (AvgIpc) is 2.75. The van der Waals surface area contributed by atoms with Gasteiger partial charge in [0.05, 0.1) is 13.2 Å². The Labute approximate surface area is 156 Å². The Morgan fingerprint density at radius 1 is 0.926 bits per heavy atom. The molecule has 0 bridgehead atoms. The quantitative estimate of drug-likeness (QED) is 0.814. The second-order valence-electron chi connectivity index (χ2n) is 6.55. The SMILES string of the molecule is O=NC(CO)C1OC(c2ccccc2)OC2COC(c3ccccc3)OC21. The van der Waals surface area contributed by atoms with Crippen LogP contribution < -0.4 is 0 Å². The van der Waals surface area contributed by atoms with E-state index in [0.717, 1.165) is 11.1 Å².